The van der Waals surface area contributed by atoms with Crippen molar-refractivity contribution in [1.82, 2.24) is 0 Å². The number of anilines is 1. The third kappa shape index (κ3) is 6.32. The maximum absolute atomic E-state index is 12.4. The van der Waals surface area contributed by atoms with Crippen molar-refractivity contribution in [3.8, 4) is 5.75 Å². The number of methoxy groups -OCH3 is 1. The zero-order valence-electron chi connectivity index (χ0n) is 16.9. The van der Waals surface area contributed by atoms with Gasteiger partial charge in [0, 0.05) is 17.0 Å². The molecule has 0 aliphatic carbocycles. The third-order valence-electron chi connectivity index (χ3n) is 4.35. The molecule has 1 amide bonds. The Morgan fingerprint density at radius 3 is 2.48 bits per heavy atom. The summed E-state index contributed by atoms with van der Waals surface area (Å²) in [6.07, 6.45) is -1.13. The van der Waals surface area contributed by atoms with Crippen LogP contribution < -0.4 is 10.1 Å². The summed E-state index contributed by atoms with van der Waals surface area (Å²) in [6.45, 7) is 5.21. The molecule has 0 bridgehead atoms. The van der Waals surface area contributed by atoms with Crippen LogP contribution in [0.25, 0.3) is 0 Å². The number of ketones is 1. The minimum absolute atomic E-state index is 0.0135. The fourth-order valence-corrected chi connectivity index (χ4v) is 2.88. The fourth-order valence-electron chi connectivity index (χ4n) is 2.71. The summed E-state index contributed by atoms with van der Waals surface area (Å²) in [7, 11) is 1.47. The van der Waals surface area contributed by atoms with Gasteiger partial charge in [0.05, 0.1) is 19.2 Å². The molecule has 6 nitrogen and oxygen atoms in total. The molecule has 0 radical (unpaired) electrons. The molecule has 0 heterocycles. The van der Waals surface area contributed by atoms with Gasteiger partial charge in [-0.25, -0.2) is 0 Å². The standard InChI is InChI=1S/C22H24ClNO5/c1-13-5-6-14(2)17(11-13)19(25)8-10-21(26)29-15(3)22(27)24-18-12-16(23)7-9-20(18)28-4/h5-7,9,11-12,15H,8,10H2,1-4H3,(H,24,27)/t15-/m0/s1. The van der Waals surface area contributed by atoms with Gasteiger partial charge in [-0.05, 0) is 50.6 Å². The number of hydrogen-bond acceptors (Lipinski definition) is 5. The predicted octanol–water partition coefficient (Wildman–Crippen LogP) is 4.50. The molecule has 154 valence electrons. The Kier molecular flexibility index (Phi) is 7.79. The summed E-state index contributed by atoms with van der Waals surface area (Å²) < 4.78 is 10.3. The monoisotopic (exact) mass is 417 g/mol. The first-order valence-electron chi connectivity index (χ1n) is 9.15. The van der Waals surface area contributed by atoms with E-state index in [-0.39, 0.29) is 18.6 Å². The lowest BCUT2D eigenvalue weighted by atomic mass is 9.99. The summed E-state index contributed by atoms with van der Waals surface area (Å²) >= 11 is 5.94. The van der Waals surface area contributed by atoms with E-state index in [0.29, 0.717) is 22.0 Å². The summed E-state index contributed by atoms with van der Waals surface area (Å²) in [5.41, 5.74) is 2.80. The van der Waals surface area contributed by atoms with Gasteiger partial charge in [0.15, 0.2) is 11.9 Å². The van der Waals surface area contributed by atoms with Crippen LogP contribution in [0.4, 0.5) is 5.69 Å². The van der Waals surface area contributed by atoms with Crippen LogP contribution in [0.1, 0.15) is 41.3 Å². The number of halogens is 1. The summed E-state index contributed by atoms with van der Waals surface area (Å²) in [4.78, 5) is 36.8. The Hall–Kier alpha value is -2.86. The number of ether oxygens (including phenoxy) is 2. The van der Waals surface area contributed by atoms with E-state index in [1.165, 1.54) is 20.1 Å². The van der Waals surface area contributed by atoms with E-state index in [1.807, 2.05) is 26.0 Å². The van der Waals surface area contributed by atoms with Crippen molar-refractivity contribution < 1.29 is 23.9 Å². The maximum Gasteiger partial charge on any atom is 0.307 e. The maximum atomic E-state index is 12.4. The smallest absolute Gasteiger partial charge is 0.307 e. The topological polar surface area (TPSA) is 81.7 Å². The number of esters is 1. The van der Waals surface area contributed by atoms with Crippen molar-refractivity contribution in [3.05, 3.63) is 58.1 Å². The second-order valence-electron chi connectivity index (χ2n) is 6.71. The van der Waals surface area contributed by atoms with Crippen LogP contribution in [0.2, 0.25) is 5.02 Å². The van der Waals surface area contributed by atoms with Gasteiger partial charge in [0.25, 0.3) is 5.91 Å². The van der Waals surface area contributed by atoms with Crippen molar-refractivity contribution in [3.63, 3.8) is 0 Å². The van der Waals surface area contributed by atoms with Crippen LogP contribution in [0.15, 0.2) is 36.4 Å². The lowest BCUT2D eigenvalue weighted by Crippen LogP contribution is -2.30. The second-order valence-corrected chi connectivity index (χ2v) is 7.14. The second kappa shape index (κ2) is 10.1. The van der Waals surface area contributed by atoms with Crippen molar-refractivity contribution in [1.29, 1.82) is 0 Å². The molecule has 0 saturated heterocycles. The van der Waals surface area contributed by atoms with Crippen molar-refractivity contribution in [2.45, 2.75) is 39.7 Å². The number of rotatable bonds is 8. The van der Waals surface area contributed by atoms with Crippen molar-refractivity contribution in [2.24, 2.45) is 0 Å². The van der Waals surface area contributed by atoms with Crippen LogP contribution in [0, 0.1) is 13.8 Å². The molecule has 0 aliphatic heterocycles. The molecule has 2 aromatic carbocycles. The van der Waals surface area contributed by atoms with Crippen LogP contribution in [-0.2, 0) is 14.3 Å². The Labute approximate surface area is 175 Å². The number of carbonyl (C=O) groups is 3. The van der Waals surface area contributed by atoms with Crippen LogP contribution in [0.3, 0.4) is 0 Å². The zero-order valence-corrected chi connectivity index (χ0v) is 17.6. The number of Topliss-reactive ketones (excluding diaryl/α,β-unsaturated/α-hetero) is 1. The lowest BCUT2D eigenvalue weighted by Gasteiger charge is -2.15. The zero-order chi connectivity index (χ0) is 21.6. The highest BCUT2D eigenvalue weighted by Crippen LogP contribution is 2.27. The first-order valence-corrected chi connectivity index (χ1v) is 9.53. The van der Waals surface area contributed by atoms with Crippen LogP contribution >= 0.6 is 11.6 Å². The molecule has 0 aromatic heterocycles. The summed E-state index contributed by atoms with van der Waals surface area (Å²) in [5.74, 6) is -0.853. The normalized spacial score (nSPS) is 11.5. The van der Waals surface area contributed by atoms with Gasteiger partial charge in [-0.3, -0.25) is 14.4 Å². The Bertz CT molecular complexity index is 925. The molecular weight excluding hydrogens is 394 g/mol. The molecule has 0 saturated carbocycles. The van der Waals surface area contributed by atoms with E-state index >= 15 is 0 Å². The average molecular weight is 418 g/mol. The predicted molar refractivity (Wildman–Crippen MR) is 112 cm³/mol. The highest BCUT2D eigenvalue weighted by Gasteiger charge is 2.20. The molecule has 1 atom stereocenters. The number of benzene rings is 2. The largest absolute Gasteiger partial charge is 0.495 e. The van der Waals surface area contributed by atoms with Crippen molar-refractivity contribution >= 4 is 34.9 Å². The van der Waals surface area contributed by atoms with E-state index in [4.69, 9.17) is 21.1 Å². The van der Waals surface area contributed by atoms with Gasteiger partial charge in [0.1, 0.15) is 5.75 Å². The highest BCUT2D eigenvalue weighted by molar-refractivity contribution is 6.31. The van der Waals surface area contributed by atoms with E-state index in [2.05, 4.69) is 5.32 Å². The molecule has 0 fully saturated rings. The van der Waals surface area contributed by atoms with E-state index < -0.39 is 18.0 Å². The lowest BCUT2D eigenvalue weighted by molar-refractivity contribution is -0.153. The minimum Gasteiger partial charge on any atom is -0.495 e. The molecule has 7 heteroatoms. The molecule has 2 aromatic rings. The molecule has 1 N–H and O–H groups in total. The van der Waals surface area contributed by atoms with Gasteiger partial charge in [-0.15, -0.1) is 0 Å². The highest BCUT2D eigenvalue weighted by atomic mass is 35.5. The Balaban J connectivity index is 1.90. The third-order valence-corrected chi connectivity index (χ3v) is 4.58. The first kappa shape index (κ1) is 22.4. The first-order chi connectivity index (χ1) is 13.7. The molecule has 0 unspecified atom stereocenters. The summed E-state index contributed by atoms with van der Waals surface area (Å²) in [5, 5.41) is 3.05. The number of hydrogen-bond donors (Lipinski definition) is 1. The number of aryl methyl sites for hydroxylation is 2. The van der Waals surface area contributed by atoms with Crippen LogP contribution in [0.5, 0.6) is 5.75 Å². The van der Waals surface area contributed by atoms with Crippen molar-refractivity contribution in [2.75, 3.05) is 12.4 Å². The Morgan fingerprint density at radius 2 is 1.79 bits per heavy atom. The SMILES string of the molecule is COc1ccc(Cl)cc1NC(=O)[C@H](C)OC(=O)CCC(=O)c1cc(C)ccc1C. The van der Waals surface area contributed by atoms with Gasteiger partial charge < -0.3 is 14.8 Å². The molecular formula is C22H24ClNO5. The van der Waals surface area contributed by atoms with Crippen LogP contribution in [-0.4, -0.2) is 30.9 Å². The number of amides is 1. The fraction of sp³-hybridized carbons (Fsp3) is 0.318. The van der Waals surface area contributed by atoms with Gasteiger partial charge in [-0.1, -0.05) is 29.3 Å². The minimum atomic E-state index is -1.04. The molecule has 29 heavy (non-hydrogen) atoms. The molecule has 2 rings (SSSR count). The number of nitrogens with one attached hydrogen (secondary N) is 1. The van der Waals surface area contributed by atoms with Gasteiger partial charge >= 0.3 is 5.97 Å². The van der Waals surface area contributed by atoms with E-state index in [0.717, 1.165) is 11.1 Å². The Morgan fingerprint density at radius 1 is 1.07 bits per heavy atom. The number of carbonyl (C=O) groups excluding carboxylic acids is 3. The van der Waals surface area contributed by atoms with Gasteiger partial charge in [-0.2, -0.15) is 0 Å². The van der Waals surface area contributed by atoms with Gasteiger partial charge in [0.2, 0.25) is 0 Å². The quantitative estimate of drug-likeness (QED) is 0.505. The van der Waals surface area contributed by atoms with E-state index in [9.17, 15) is 14.4 Å². The average Bonchev–Trinajstić information content (AvgIpc) is 2.68. The summed E-state index contributed by atoms with van der Waals surface area (Å²) in [6, 6.07) is 10.4. The molecule has 0 aliphatic rings. The van der Waals surface area contributed by atoms with E-state index in [1.54, 1.807) is 18.2 Å². The molecule has 0 spiro atoms.